The predicted octanol–water partition coefficient (Wildman–Crippen LogP) is 2.50. The fraction of sp³-hybridized carbons (Fsp3) is 0.353. The van der Waals surface area contributed by atoms with Crippen molar-refractivity contribution in [1.82, 2.24) is 25.7 Å². The minimum Gasteiger partial charge on any atom is -0.356 e. The number of benzene rings is 1. The smallest absolute Gasteiger partial charge is 0.227 e. The average Bonchev–Trinajstić information content (AvgIpc) is 3.22. The Hall–Kier alpha value is -2.61. The Kier molecular flexibility index (Phi) is 5.49. The van der Waals surface area contributed by atoms with Crippen molar-refractivity contribution in [2.24, 2.45) is 0 Å². The highest BCUT2D eigenvalue weighted by Crippen LogP contribution is 2.17. The van der Waals surface area contributed by atoms with Gasteiger partial charge in [-0.3, -0.25) is 4.79 Å². The molecule has 1 amide bonds. The number of carbonyl (C=O) groups excluding carboxylic acids is 1. The molecule has 8 heteroatoms. The lowest BCUT2D eigenvalue weighted by molar-refractivity contribution is -0.121. The lowest BCUT2D eigenvalue weighted by Gasteiger charge is -2.01. The number of amides is 1. The van der Waals surface area contributed by atoms with Crippen LogP contribution in [0.25, 0.3) is 11.4 Å². The van der Waals surface area contributed by atoms with Gasteiger partial charge in [-0.2, -0.15) is 4.98 Å². The van der Waals surface area contributed by atoms with Crippen molar-refractivity contribution in [3.05, 3.63) is 45.7 Å². The van der Waals surface area contributed by atoms with Gasteiger partial charge in [0.1, 0.15) is 10.0 Å². The molecule has 0 aliphatic rings. The van der Waals surface area contributed by atoms with Gasteiger partial charge in [0, 0.05) is 31.4 Å². The third kappa shape index (κ3) is 4.93. The molecular formula is C17H19N5O2S. The van der Waals surface area contributed by atoms with Crippen LogP contribution in [-0.4, -0.2) is 32.8 Å². The Labute approximate surface area is 149 Å². The molecule has 0 radical (unpaired) electrons. The summed E-state index contributed by atoms with van der Waals surface area (Å²) < 4.78 is 5.23. The highest BCUT2D eigenvalue weighted by molar-refractivity contribution is 7.11. The Morgan fingerprint density at radius 3 is 2.88 bits per heavy atom. The van der Waals surface area contributed by atoms with Gasteiger partial charge in [-0.05, 0) is 19.9 Å². The van der Waals surface area contributed by atoms with Crippen molar-refractivity contribution in [2.45, 2.75) is 33.1 Å². The van der Waals surface area contributed by atoms with Gasteiger partial charge >= 0.3 is 0 Å². The van der Waals surface area contributed by atoms with Gasteiger partial charge in [-0.15, -0.1) is 21.5 Å². The Morgan fingerprint density at radius 1 is 1.24 bits per heavy atom. The second-order valence-electron chi connectivity index (χ2n) is 5.70. The van der Waals surface area contributed by atoms with Crippen LogP contribution in [0.5, 0.6) is 0 Å². The maximum Gasteiger partial charge on any atom is 0.227 e. The van der Waals surface area contributed by atoms with E-state index in [0.29, 0.717) is 37.5 Å². The highest BCUT2D eigenvalue weighted by atomic mass is 32.1. The average molecular weight is 357 g/mol. The second-order valence-corrected chi connectivity index (χ2v) is 6.96. The maximum absolute atomic E-state index is 11.9. The summed E-state index contributed by atoms with van der Waals surface area (Å²) in [5.41, 5.74) is 2.04. The number of aryl methyl sites for hydroxylation is 3. The zero-order valence-electron chi connectivity index (χ0n) is 14.2. The summed E-state index contributed by atoms with van der Waals surface area (Å²) in [6, 6.07) is 7.89. The first kappa shape index (κ1) is 17.2. The summed E-state index contributed by atoms with van der Waals surface area (Å²) in [6.45, 7) is 4.47. The highest BCUT2D eigenvalue weighted by Gasteiger charge is 2.11. The summed E-state index contributed by atoms with van der Waals surface area (Å²) in [5, 5.41) is 16.7. The van der Waals surface area contributed by atoms with Crippen LogP contribution in [0.1, 0.15) is 27.9 Å². The van der Waals surface area contributed by atoms with Crippen molar-refractivity contribution in [3.8, 4) is 11.4 Å². The summed E-state index contributed by atoms with van der Waals surface area (Å²) in [7, 11) is 0. The molecule has 3 rings (SSSR count). The lowest BCUT2D eigenvalue weighted by Crippen LogP contribution is -2.25. The van der Waals surface area contributed by atoms with Crippen LogP contribution >= 0.6 is 11.3 Å². The monoisotopic (exact) mass is 357 g/mol. The number of aromatic nitrogens is 4. The fourth-order valence-corrected chi connectivity index (χ4v) is 3.02. The van der Waals surface area contributed by atoms with E-state index >= 15 is 0 Å². The first-order valence-corrected chi connectivity index (χ1v) is 8.87. The normalized spacial score (nSPS) is 10.8. The second kappa shape index (κ2) is 7.98. The van der Waals surface area contributed by atoms with E-state index in [1.165, 1.54) is 0 Å². The molecule has 0 atom stereocenters. The zero-order chi connectivity index (χ0) is 17.6. The van der Waals surface area contributed by atoms with Crippen molar-refractivity contribution in [3.63, 3.8) is 0 Å². The molecule has 7 nitrogen and oxygen atoms in total. The molecule has 0 aliphatic heterocycles. The van der Waals surface area contributed by atoms with E-state index in [1.807, 2.05) is 38.1 Å². The third-order valence-electron chi connectivity index (χ3n) is 3.54. The first-order valence-electron chi connectivity index (χ1n) is 8.05. The van der Waals surface area contributed by atoms with Gasteiger partial charge in [0.15, 0.2) is 0 Å². The predicted molar refractivity (Wildman–Crippen MR) is 94.2 cm³/mol. The summed E-state index contributed by atoms with van der Waals surface area (Å²) in [5.74, 6) is 0.966. The quantitative estimate of drug-likeness (QED) is 0.698. The van der Waals surface area contributed by atoms with E-state index in [9.17, 15) is 4.79 Å². The van der Waals surface area contributed by atoms with Crippen LogP contribution in [0.2, 0.25) is 0 Å². The molecule has 0 saturated heterocycles. The molecule has 130 valence electrons. The summed E-state index contributed by atoms with van der Waals surface area (Å²) in [6.07, 6.45) is 1.42. The fourth-order valence-electron chi connectivity index (χ4n) is 2.31. The summed E-state index contributed by atoms with van der Waals surface area (Å²) in [4.78, 5) is 16.2. The van der Waals surface area contributed by atoms with E-state index in [2.05, 4.69) is 25.7 Å². The van der Waals surface area contributed by atoms with Gasteiger partial charge in [0.25, 0.3) is 0 Å². The van der Waals surface area contributed by atoms with E-state index in [-0.39, 0.29) is 5.91 Å². The Bertz CT molecular complexity index is 858. The number of hydrogen-bond acceptors (Lipinski definition) is 7. The van der Waals surface area contributed by atoms with Gasteiger partial charge < -0.3 is 9.84 Å². The van der Waals surface area contributed by atoms with Crippen LogP contribution in [0.4, 0.5) is 0 Å². The topological polar surface area (TPSA) is 93.8 Å². The lowest BCUT2D eigenvalue weighted by atomic mass is 10.1. The van der Waals surface area contributed by atoms with Gasteiger partial charge in [0.05, 0.1) is 0 Å². The van der Waals surface area contributed by atoms with Gasteiger partial charge in [-0.25, -0.2) is 0 Å². The molecule has 1 N–H and O–H groups in total. The maximum atomic E-state index is 11.9. The molecule has 25 heavy (non-hydrogen) atoms. The van der Waals surface area contributed by atoms with Crippen molar-refractivity contribution < 1.29 is 9.32 Å². The molecule has 0 saturated carbocycles. The SMILES string of the molecule is Cc1cccc(-c2noc(CCC(=O)NCCc3nnc(C)s3)n2)c1. The first-order chi connectivity index (χ1) is 12.1. The number of rotatable bonds is 7. The molecule has 0 aliphatic carbocycles. The molecule has 0 unspecified atom stereocenters. The molecular weight excluding hydrogens is 338 g/mol. The zero-order valence-corrected chi connectivity index (χ0v) is 15.0. The number of nitrogens with zero attached hydrogens (tertiary/aromatic N) is 4. The summed E-state index contributed by atoms with van der Waals surface area (Å²) >= 11 is 1.54. The number of hydrogen-bond donors (Lipinski definition) is 1. The van der Waals surface area contributed by atoms with E-state index in [0.717, 1.165) is 21.1 Å². The van der Waals surface area contributed by atoms with Crippen LogP contribution < -0.4 is 5.32 Å². The van der Waals surface area contributed by atoms with E-state index in [4.69, 9.17) is 4.52 Å². The Balaban J connectivity index is 1.44. The molecule has 2 aromatic heterocycles. The van der Waals surface area contributed by atoms with E-state index < -0.39 is 0 Å². The van der Waals surface area contributed by atoms with Crippen molar-refractivity contribution >= 4 is 17.2 Å². The van der Waals surface area contributed by atoms with Crippen LogP contribution in [0.3, 0.4) is 0 Å². The minimum absolute atomic E-state index is 0.0449. The molecule has 2 heterocycles. The standard InChI is InChI=1S/C17H19N5O2S/c1-11-4-3-5-13(10-11)17-19-15(24-22-17)7-6-14(23)18-9-8-16-21-20-12(2)25-16/h3-5,10H,6-9H2,1-2H3,(H,18,23). The van der Waals surface area contributed by atoms with Crippen molar-refractivity contribution in [1.29, 1.82) is 0 Å². The van der Waals surface area contributed by atoms with Crippen LogP contribution in [0, 0.1) is 13.8 Å². The molecule has 0 bridgehead atoms. The molecule has 0 fully saturated rings. The third-order valence-corrected chi connectivity index (χ3v) is 4.44. The van der Waals surface area contributed by atoms with E-state index in [1.54, 1.807) is 11.3 Å². The van der Waals surface area contributed by atoms with Gasteiger partial charge in [0.2, 0.25) is 17.6 Å². The van der Waals surface area contributed by atoms with Crippen LogP contribution in [0.15, 0.2) is 28.8 Å². The minimum atomic E-state index is -0.0449. The number of carbonyl (C=O) groups is 1. The van der Waals surface area contributed by atoms with Gasteiger partial charge in [-0.1, -0.05) is 28.9 Å². The van der Waals surface area contributed by atoms with Crippen LogP contribution in [-0.2, 0) is 17.6 Å². The van der Waals surface area contributed by atoms with Crippen molar-refractivity contribution in [2.75, 3.05) is 6.54 Å². The molecule has 1 aromatic carbocycles. The molecule has 3 aromatic rings. The molecule has 0 spiro atoms. The largest absolute Gasteiger partial charge is 0.356 e. The number of nitrogens with one attached hydrogen (secondary N) is 1. The Morgan fingerprint density at radius 2 is 2.12 bits per heavy atom.